The minimum atomic E-state index is 0. The molecule has 0 aromatic carbocycles. The molecule has 2 aliphatic rings. The predicted octanol–water partition coefficient (Wildman–Crippen LogP) is 10.4. The average Bonchev–Trinajstić information content (AvgIpc) is 3.83. The van der Waals surface area contributed by atoms with E-state index in [1.54, 1.807) is 7.76 Å². The van der Waals surface area contributed by atoms with Crippen LogP contribution in [-0.4, -0.2) is 31.7 Å². The largest absolute Gasteiger partial charge is 1.00 e. The first-order valence-electron chi connectivity index (χ1n) is 22.9. The summed E-state index contributed by atoms with van der Waals surface area (Å²) < 4.78 is 4.61. The Balaban J connectivity index is 0. The van der Waals surface area contributed by atoms with Crippen molar-refractivity contribution in [2.45, 2.75) is 232 Å². The van der Waals surface area contributed by atoms with Crippen LogP contribution in [0.3, 0.4) is 0 Å². The zero-order chi connectivity index (χ0) is 36.1. The normalized spacial score (nSPS) is 13.2. The molecule has 0 amide bonds. The summed E-state index contributed by atoms with van der Waals surface area (Å²) in [5.74, 6) is 0. The van der Waals surface area contributed by atoms with Gasteiger partial charge in [0.2, 0.25) is 0 Å². The molecule has 1 nitrogen and oxygen atoms in total. The number of quaternary nitrogens is 1. The van der Waals surface area contributed by atoms with Gasteiger partial charge in [-0.25, -0.2) is 0 Å². The fourth-order valence-corrected chi connectivity index (χ4v) is 9.47. The third-order valence-electron chi connectivity index (χ3n) is 11.1. The van der Waals surface area contributed by atoms with Gasteiger partial charge >= 0.3 is 76.2 Å². The fraction of sp³-hybridized carbons (Fsp3) is 0.833. The van der Waals surface area contributed by atoms with Crippen LogP contribution in [0.2, 0.25) is 0 Å². The molecule has 0 atom stereocenters. The van der Waals surface area contributed by atoms with Gasteiger partial charge in [0.15, 0.2) is 0 Å². The minimum absolute atomic E-state index is 0. The van der Waals surface area contributed by atoms with Crippen molar-refractivity contribution in [1.29, 1.82) is 0 Å². The molecule has 0 bridgehead atoms. The smallest absolute Gasteiger partial charge is 0.0782 e. The van der Waals surface area contributed by atoms with E-state index in [9.17, 15) is 0 Å². The molecule has 0 aliphatic heterocycles. The number of unbranched alkanes of at least 4 members (excludes halogenated alkanes) is 30. The molecule has 2 aliphatic carbocycles. The van der Waals surface area contributed by atoms with E-state index < -0.39 is 0 Å². The average molecular weight is 800 g/mol. The summed E-state index contributed by atoms with van der Waals surface area (Å²) >= 11 is 0.0833. The maximum Gasteiger partial charge on any atom is 0.0782 e. The van der Waals surface area contributed by atoms with Crippen LogP contribution in [0, 0.1) is 0 Å². The molecule has 0 saturated heterocycles. The maximum atomic E-state index is 2.47. The van der Waals surface area contributed by atoms with E-state index in [-0.39, 0.29) is 44.0 Å². The third-order valence-corrected chi connectivity index (χ3v) is 13.3. The van der Waals surface area contributed by atoms with Gasteiger partial charge in [-0.3, -0.25) is 0 Å². The zero-order valence-corrected chi connectivity index (χ0v) is 38.7. The Morgan fingerprint density at radius 2 is 0.615 bits per heavy atom. The van der Waals surface area contributed by atoms with Gasteiger partial charge in [0.25, 0.3) is 0 Å². The number of rotatable bonds is 36. The number of hydrogen-bond donors (Lipinski definition) is 0. The molecule has 0 saturated carbocycles. The van der Waals surface area contributed by atoms with Crippen molar-refractivity contribution in [1.82, 2.24) is 0 Å². The molecule has 304 valence electrons. The molecule has 0 radical (unpaired) electrons. The summed E-state index contributed by atoms with van der Waals surface area (Å²) in [6, 6.07) is 0. The van der Waals surface area contributed by atoms with Gasteiger partial charge in [0.1, 0.15) is 0 Å². The second-order valence-corrected chi connectivity index (χ2v) is 19.2. The fourth-order valence-electron chi connectivity index (χ4n) is 7.57. The zero-order valence-electron chi connectivity index (χ0n) is 35.6. The molecule has 0 aromatic heterocycles. The SMILES string of the molecule is C1=CC[C]([Ti+2][C]2=CC=CC2)=C1.CCCCCCCCCCCCCCCCCC[N+](C)(C)CCCCCCCCCCCCCCCCCC.[Cl-].[Cl-]. The first-order chi connectivity index (χ1) is 24.6. The van der Waals surface area contributed by atoms with Crippen LogP contribution < -0.4 is 24.8 Å². The third kappa shape index (κ3) is 38.5. The molecule has 0 heterocycles. The van der Waals surface area contributed by atoms with Gasteiger partial charge in [-0.2, -0.15) is 0 Å². The van der Waals surface area contributed by atoms with Crippen molar-refractivity contribution in [3.05, 3.63) is 44.2 Å². The van der Waals surface area contributed by atoms with Crippen LogP contribution in [0.5, 0.6) is 0 Å². The van der Waals surface area contributed by atoms with E-state index in [4.69, 9.17) is 0 Å². The summed E-state index contributed by atoms with van der Waals surface area (Å²) in [4.78, 5) is 0. The van der Waals surface area contributed by atoms with Crippen LogP contribution in [0.4, 0.5) is 0 Å². The van der Waals surface area contributed by atoms with Gasteiger partial charge in [-0.05, 0) is 25.7 Å². The van der Waals surface area contributed by atoms with Crippen LogP contribution in [0.15, 0.2) is 44.2 Å². The first kappa shape index (κ1) is 54.3. The quantitative estimate of drug-likeness (QED) is 0.0337. The predicted molar refractivity (Wildman–Crippen MR) is 225 cm³/mol. The Morgan fingerprint density at radius 1 is 0.385 bits per heavy atom. The first-order valence-corrected chi connectivity index (χ1v) is 24.4. The van der Waals surface area contributed by atoms with Gasteiger partial charge in [-0.15, -0.1) is 0 Å². The van der Waals surface area contributed by atoms with E-state index in [2.05, 4.69) is 64.4 Å². The van der Waals surface area contributed by atoms with Crippen molar-refractivity contribution < 1.29 is 48.5 Å². The Hall–Kier alpha value is 0.214. The standard InChI is InChI=1S/C38H80N.2C5H5.2ClH.Ti/c1-5-7-9-11-13-15-17-19-21-23-25-27-29-31-33-35-37-39(3,4)38-36-34-32-30-28-26-24-22-20-18-16-14-12-10-8-6-2;2*1-2-4-5-3-1;;;/h5-38H2,1-4H3;2*1-3H,4H2;2*1H;/q+1;;;;;+2/p-2. The Morgan fingerprint density at radius 3 is 0.827 bits per heavy atom. The number of halogens is 2. The molecule has 0 fully saturated rings. The van der Waals surface area contributed by atoms with Crippen molar-refractivity contribution >= 4 is 0 Å². The Bertz CT molecular complexity index is 779. The van der Waals surface area contributed by atoms with Crippen molar-refractivity contribution in [2.24, 2.45) is 0 Å². The van der Waals surface area contributed by atoms with Crippen molar-refractivity contribution in [3.8, 4) is 0 Å². The summed E-state index contributed by atoms with van der Waals surface area (Å²) in [6.07, 6.45) is 62.8. The molecule has 0 unspecified atom stereocenters. The van der Waals surface area contributed by atoms with Gasteiger partial charge in [0, 0.05) is 0 Å². The Labute approximate surface area is 349 Å². The van der Waals surface area contributed by atoms with E-state index in [1.165, 1.54) is 236 Å². The summed E-state index contributed by atoms with van der Waals surface area (Å²) in [6.45, 7) is 7.39. The van der Waals surface area contributed by atoms with Gasteiger partial charge in [0.05, 0.1) is 27.2 Å². The Kier molecular flexibility index (Phi) is 44.2. The molecule has 0 spiro atoms. The number of allylic oxidation sites excluding steroid dienone is 8. The van der Waals surface area contributed by atoms with E-state index in [0.29, 0.717) is 0 Å². The summed E-state index contributed by atoms with van der Waals surface area (Å²) in [7, 11) is 4.94. The maximum absolute atomic E-state index is 2.47. The van der Waals surface area contributed by atoms with Crippen molar-refractivity contribution in [3.63, 3.8) is 0 Å². The van der Waals surface area contributed by atoms with Gasteiger partial charge in [-0.1, -0.05) is 194 Å². The van der Waals surface area contributed by atoms with Gasteiger partial charge < -0.3 is 29.3 Å². The summed E-state index contributed by atoms with van der Waals surface area (Å²) in [5.41, 5.74) is 0. The van der Waals surface area contributed by atoms with Crippen LogP contribution >= 0.6 is 0 Å². The molecule has 0 aromatic rings. The topological polar surface area (TPSA) is 0 Å². The van der Waals surface area contributed by atoms with E-state index in [0.717, 1.165) is 0 Å². The molecule has 2 rings (SSSR count). The number of hydrogen-bond acceptors (Lipinski definition) is 0. The van der Waals surface area contributed by atoms with E-state index >= 15 is 0 Å². The van der Waals surface area contributed by atoms with Crippen LogP contribution in [0.25, 0.3) is 0 Å². The molecule has 52 heavy (non-hydrogen) atoms. The molecular weight excluding hydrogens is 709 g/mol. The second-order valence-electron chi connectivity index (χ2n) is 16.8. The molecule has 4 heteroatoms. The van der Waals surface area contributed by atoms with Crippen LogP contribution in [-0.2, 0) is 19.2 Å². The monoisotopic (exact) mass is 799 g/mol. The minimum Gasteiger partial charge on any atom is -1.00 e. The van der Waals surface area contributed by atoms with Crippen LogP contribution in [0.1, 0.15) is 232 Å². The second kappa shape index (κ2) is 42.4. The molecular formula is C48H90Cl2NTi+. The van der Waals surface area contributed by atoms with E-state index in [1.807, 2.05) is 0 Å². The van der Waals surface area contributed by atoms with Crippen molar-refractivity contribution in [2.75, 3.05) is 27.2 Å². The summed E-state index contributed by atoms with van der Waals surface area (Å²) in [5, 5.41) is 0. The number of nitrogens with zero attached hydrogens (tertiary/aromatic N) is 1. The molecule has 0 N–H and O–H groups in total.